The number of aromatic amines is 1. The number of rotatable bonds is 4. The Bertz CT molecular complexity index is 632. The van der Waals surface area contributed by atoms with E-state index in [9.17, 15) is 8.42 Å². The molecule has 7 heteroatoms. The van der Waals surface area contributed by atoms with Crippen LogP contribution in [0.1, 0.15) is 11.3 Å². The molecule has 0 aliphatic carbocycles. The molecule has 0 fully saturated rings. The van der Waals surface area contributed by atoms with Crippen LogP contribution < -0.4 is 4.72 Å². The summed E-state index contributed by atoms with van der Waals surface area (Å²) in [5.41, 5.74) is 1.26. The molecule has 1 heterocycles. The molecule has 6 nitrogen and oxygen atoms in total. The molecule has 0 atom stereocenters. The van der Waals surface area contributed by atoms with Gasteiger partial charge < -0.3 is 5.11 Å². The lowest BCUT2D eigenvalue weighted by Gasteiger charge is -2.05. The van der Waals surface area contributed by atoms with Gasteiger partial charge in [0.05, 0.1) is 11.9 Å². The van der Waals surface area contributed by atoms with Gasteiger partial charge >= 0.3 is 0 Å². The zero-order valence-electron chi connectivity index (χ0n) is 9.71. The minimum atomic E-state index is -3.56. The molecule has 0 aliphatic heterocycles. The number of hydrogen-bond donors (Lipinski definition) is 3. The van der Waals surface area contributed by atoms with Crippen LogP contribution in [-0.4, -0.2) is 23.7 Å². The van der Waals surface area contributed by atoms with E-state index >= 15 is 0 Å². The summed E-state index contributed by atoms with van der Waals surface area (Å²) in [4.78, 5) is 0.140. The highest BCUT2D eigenvalue weighted by atomic mass is 32.2. The highest BCUT2D eigenvalue weighted by Gasteiger charge is 2.17. The van der Waals surface area contributed by atoms with Crippen LogP contribution in [0.3, 0.4) is 0 Å². The molecule has 3 N–H and O–H groups in total. The minimum Gasteiger partial charge on any atom is -0.508 e. The molecule has 0 aliphatic rings. The van der Waals surface area contributed by atoms with Crippen molar-refractivity contribution in [3.63, 3.8) is 0 Å². The van der Waals surface area contributed by atoms with Crippen molar-refractivity contribution < 1.29 is 13.5 Å². The Morgan fingerprint density at radius 3 is 2.56 bits per heavy atom. The Labute approximate surface area is 105 Å². The van der Waals surface area contributed by atoms with Crippen LogP contribution in [0.4, 0.5) is 0 Å². The van der Waals surface area contributed by atoms with Gasteiger partial charge in [-0.25, -0.2) is 13.1 Å². The van der Waals surface area contributed by atoms with Gasteiger partial charge in [-0.2, -0.15) is 5.10 Å². The van der Waals surface area contributed by atoms with Gasteiger partial charge in [0.1, 0.15) is 10.6 Å². The normalized spacial score (nSPS) is 11.6. The summed E-state index contributed by atoms with van der Waals surface area (Å²) in [5.74, 6) is 0.146. The van der Waals surface area contributed by atoms with Crippen molar-refractivity contribution in [2.24, 2.45) is 0 Å². The maximum absolute atomic E-state index is 11.9. The van der Waals surface area contributed by atoms with E-state index in [0.29, 0.717) is 5.69 Å². The quantitative estimate of drug-likeness (QED) is 0.767. The summed E-state index contributed by atoms with van der Waals surface area (Å²) in [6.07, 6.45) is 1.27. The van der Waals surface area contributed by atoms with Gasteiger partial charge in [0.15, 0.2) is 0 Å². The molecule has 2 aromatic rings. The van der Waals surface area contributed by atoms with Crippen LogP contribution in [0.25, 0.3) is 0 Å². The second kappa shape index (κ2) is 4.79. The zero-order chi connectivity index (χ0) is 13.2. The molecule has 0 unspecified atom stereocenters. The van der Waals surface area contributed by atoms with Crippen molar-refractivity contribution in [2.75, 3.05) is 0 Å². The van der Waals surface area contributed by atoms with Gasteiger partial charge in [-0.3, -0.25) is 5.10 Å². The Hall–Kier alpha value is -1.86. The van der Waals surface area contributed by atoms with Gasteiger partial charge in [-0.1, -0.05) is 12.1 Å². The van der Waals surface area contributed by atoms with Gasteiger partial charge in [0, 0.05) is 6.54 Å². The monoisotopic (exact) mass is 267 g/mol. The number of aromatic nitrogens is 2. The molecule has 1 aromatic carbocycles. The second-order valence-corrected chi connectivity index (χ2v) is 5.59. The van der Waals surface area contributed by atoms with Crippen molar-refractivity contribution in [3.8, 4) is 5.75 Å². The Balaban J connectivity index is 2.11. The maximum Gasteiger partial charge on any atom is 0.244 e. The fraction of sp³-hybridized carbons (Fsp3) is 0.182. The fourth-order valence-corrected chi connectivity index (χ4v) is 2.63. The molecule has 0 amide bonds. The fourth-order valence-electron chi connectivity index (χ4n) is 1.48. The number of hydrogen-bond acceptors (Lipinski definition) is 4. The SMILES string of the molecule is Cc1[nH]ncc1S(=O)(=O)NCc1ccc(O)cc1. The largest absolute Gasteiger partial charge is 0.508 e. The molecule has 0 saturated carbocycles. The molecule has 96 valence electrons. The maximum atomic E-state index is 11.9. The van der Waals surface area contributed by atoms with Crippen LogP contribution in [0.2, 0.25) is 0 Å². The minimum absolute atomic E-state index is 0.140. The van der Waals surface area contributed by atoms with Gasteiger partial charge in [-0.05, 0) is 24.6 Å². The van der Waals surface area contributed by atoms with E-state index in [0.717, 1.165) is 5.56 Å². The standard InChI is InChI=1S/C11H13N3O3S/c1-8-11(7-12-14-8)18(16,17)13-6-9-2-4-10(15)5-3-9/h2-5,7,13,15H,6H2,1H3,(H,12,14). The molecule has 0 spiro atoms. The zero-order valence-corrected chi connectivity index (χ0v) is 10.5. The van der Waals surface area contributed by atoms with Crippen LogP contribution >= 0.6 is 0 Å². The van der Waals surface area contributed by atoms with Crippen LogP contribution in [-0.2, 0) is 16.6 Å². The topological polar surface area (TPSA) is 95.1 Å². The lowest BCUT2D eigenvalue weighted by atomic mass is 10.2. The van der Waals surface area contributed by atoms with E-state index in [2.05, 4.69) is 14.9 Å². The van der Waals surface area contributed by atoms with Crippen LogP contribution in [0.5, 0.6) is 5.75 Å². The Kier molecular flexibility index (Phi) is 3.35. The van der Waals surface area contributed by atoms with Gasteiger partial charge in [0.2, 0.25) is 10.0 Å². The van der Waals surface area contributed by atoms with Crippen molar-refractivity contribution in [1.29, 1.82) is 0 Å². The number of phenolic OH excluding ortho intramolecular Hbond substituents is 1. The molecule has 0 bridgehead atoms. The summed E-state index contributed by atoms with van der Waals surface area (Å²) in [6.45, 7) is 1.80. The molecule has 0 saturated heterocycles. The summed E-state index contributed by atoms with van der Waals surface area (Å²) in [7, 11) is -3.56. The summed E-state index contributed by atoms with van der Waals surface area (Å²) in [5, 5.41) is 15.4. The number of aromatic hydroxyl groups is 1. The van der Waals surface area contributed by atoms with Crippen molar-refractivity contribution in [1.82, 2.24) is 14.9 Å². The van der Waals surface area contributed by atoms with Crippen LogP contribution in [0, 0.1) is 6.92 Å². The first-order chi connectivity index (χ1) is 8.49. The molecule has 0 radical (unpaired) electrons. The third kappa shape index (κ3) is 2.69. The average Bonchev–Trinajstić information content (AvgIpc) is 2.76. The first-order valence-electron chi connectivity index (χ1n) is 5.26. The Morgan fingerprint density at radius 1 is 1.33 bits per heavy atom. The number of nitrogens with one attached hydrogen (secondary N) is 2. The van der Waals surface area contributed by atoms with E-state index in [-0.39, 0.29) is 17.2 Å². The Morgan fingerprint density at radius 2 is 2.00 bits per heavy atom. The van der Waals surface area contributed by atoms with E-state index in [1.165, 1.54) is 18.3 Å². The molecular formula is C11H13N3O3S. The lowest BCUT2D eigenvalue weighted by molar-refractivity contribution is 0.475. The lowest BCUT2D eigenvalue weighted by Crippen LogP contribution is -2.23. The van der Waals surface area contributed by atoms with Crippen molar-refractivity contribution in [3.05, 3.63) is 41.7 Å². The number of benzene rings is 1. The molecule has 18 heavy (non-hydrogen) atoms. The molecular weight excluding hydrogens is 254 g/mol. The highest BCUT2D eigenvalue weighted by molar-refractivity contribution is 7.89. The number of aryl methyl sites for hydroxylation is 1. The number of phenols is 1. The van der Waals surface area contributed by atoms with Gasteiger partial charge in [-0.15, -0.1) is 0 Å². The number of nitrogens with zero attached hydrogens (tertiary/aromatic N) is 1. The average molecular weight is 267 g/mol. The predicted molar refractivity (Wildman–Crippen MR) is 65.5 cm³/mol. The predicted octanol–water partition coefficient (Wildman–Crippen LogP) is 0.902. The first-order valence-corrected chi connectivity index (χ1v) is 6.75. The van der Waals surface area contributed by atoms with Crippen LogP contribution in [0.15, 0.2) is 35.4 Å². The summed E-state index contributed by atoms with van der Waals surface area (Å²) in [6, 6.07) is 6.32. The van der Waals surface area contributed by atoms with E-state index in [1.807, 2.05) is 0 Å². The molecule has 1 aromatic heterocycles. The van der Waals surface area contributed by atoms with Gasteiger partial charge in [0.25, 0.3) is 0 Å². The number of sulfonamides is 1. The van der Waals surface area contributed by atoms with E-state index < -0.39 is 10.0 Å². The second-order valence-electron chi connectivity index (χ2n) is 3.85. The highest BCUT2D eigenvalue weighted by Crippen LogP contribution is 2.13. The third-order valence-electron chi connectivity index (χ3n) is 2.48. The van der Waals surface area contributed by atoms with Crippen molar-refractivity contribution >= 4 is 10.0 Å². The van der Waals surface area contributed by atoms with E-state index in [1.54, 1.807) is 19.1 Å². The van der Waals surface area contributed by atoms with Crippen molar-refractivity contribution in [2.45, 2.75) is 18.4 Å². The number of H-pyrrole nitrogens is 1. The summed E-state index contributed by atoms with van der Waals surface area (Å²) < 4.78 is 26.3. The third-order valence-corrected chi connectivity index (χ3v) is 3.99. The molecule has 2 rings (SSSR count). The smallest absolute Gasteiger partial charge is 0.244 e. The first kappa shape index (κ1) is 12.6. The summed E-state index contributed by atoms with van der Waals surface area (Å²) >= 11 is 0. The van der Waals surface area contributed by atoms with E-state index in [4.69, 9.17) is 5.11 Å².